The Kier molecular flexibility index (Phi) is 7.27. The molecular formula is C23H21F3N2O5S2. The fraction of sp³-hybridized carbons (Fsp3) is 0.174. The van der Waals surface area contributed by atoms with E-state index in [1.54, 1.807) is 6.92 Å². The maximum atomic E-state index is 13.0. The van der Waals surface area contributed by atoms with E-state index in [0.29, 0.717) is 11.1 Å². The second kappa shape index (κ2) is 9.70. The van der Waals surface area contributed by atoms with E-state index >= 15 is 0 Å². The number of sulfone groups is 2. The van der Waals surface area contributed by atoms with Gasteiger partial charge in [-0.05, 0) is 66.6 Å². The number of hydrogen-bond donors (Lipinski definition) is 2. The number of alkyl halides is 3. The van der Waals surface area contributed by atoms with Gasteiger partial charge in [-0.1, -0.05) is 18.2 Å². The van der Waals surface area contributed by atoms with Gasteiger partial charge in [-0.3, -0.25) is 0 Å². The molecule has 7 nitrogen and oxygen atoms in total. The van der Waals surface area contributed by atoms with Crippen LogP contribution in [0.25, 0.3) is 0 Å². The molecule has 0 saturated carbocycles. The van der Waals surface area contributed by atoms with Crippen LogP contribution in [0.5, 0.6) is 0 Å². The average Bonchev–Trinajstić information content (AvgIpc) is 2.74. The minimum absolute atomic E-state index is 0.0305. The smallest absolute Gasteiger partial charge is 0.308 e. The van der Waals surface area contributed by atoms with Crippen molar-refractivity contribution < 1.29 is 34.8 Å². The summed E-state index contributed by atoms with van der Waals surface area (Å²) in [5, 5.41) is 4.84. The molecule has 0 aromatic heterocycles. The van der Waals surface area contributed by atoms with Crippen LogP contribution in [0.4, 0.5) is 29.3 Å². The second-order valence-corrected chi connectivity index (χ2v) is 11.8. The van der Waals surface area contributed by atoms with Crippen LogP contribution < -0.4 is 10.6 Å². The lowest BCUT2D eigenvalue weighted by molar-refractivity contribution is -0.137. The zero-order valence-corrected chi connectivity index (χ0v) is 20.2. The topological polar surface area (TPSA) is 109 Å². The number of carbonyl (C=O) groups excluding carboxylic acids is 1. The van der Waals surface area contributed by atoms with Crippen LogP contribution in [0.2, 0.25) is 0 Å². The summed E-state index contributed by atoms with van der Waals surface area (Å²) in [7, 11) is -7.27. The van der Waals surface area contributed by atoms with Gasteiger partial charge in [-0.25, -0.2) is 21.6 Å². The summed E-state index contributed by atoms with van der Waals surface area (Å²) in [4.78, 5) is 12.3. The first kappa shape index (κ1) is 26.2. The Hall–Kier alpha value is -3.38. The third-order valence-corrected chi connectivity index (χ3v) is 7.91. The Morgan fingerprint density at radius 3 is 1.91 bits per heavy atom. The van der Waals surface area contributed by atoms with Gasteiger partial charge >= 0.3 is 12.2 Å². The van der Waals surface area contributed by atoms with Gasteiger partial charge in [-0.2, -0.15) is 13.2 Å². The summed E-state index contributed by atoms with van der Waals surface area (Å²) >= 11 is 0. The number of benzene rings is 3. The molecule has 0 bridgehead atoms. The molecule has 186 valence electrons. The molecule has 0 saturated heterocycles. The van der Waals surface area contributed by atoms with Crippen LogP contribution in [0.3, 0.4) is 0 Å². The first-order valence-corrected chi connectivity index (χ1v) is 13.6. The van der Waals surface area contributed by atoms with E-state index in [1.807, 2.05) is 0 Å². The summed E-state index contributed by atoms with van der Waals surface area (Å²) < 4.78 is 87.2. The molecule has 12 heteroatoms. The predicted molar refractivity (Wildman–Crippen MR) is 126 cm³/mol. The van der Waals surface area contributed by atoms with Crippen molar-refractivity contribution in [1.82, 2.24) is 0 Å². The summed E-state index contributed by atoms with van der Waals surface area (Å²) in [6.07, 6.45) is -3.45. The van der Waals surface area contributed by atoms with E-state index in [1.165, 1.54) is 42.5 Å². The van der Waals surface area contributed by atoms with Gasteiger partial charge in [0.05, 0.1) is 21.1 Å². The van der Waals surface area contributed by atoms with Crippen molar-refractivity contribution in [3.63, 3.8) is 0 Å². The second-order valence-electron chi connectivity index (χ2n) is 7.81. The van der Waals surface area contributed by atoms with Crippen LogP contribution in [-0.2, 0) is 31.6 Å². The molecule has 35 heavy (non-hydrogen) atoms. The van der Waals surface area contributed by atoms with Crippen LogP contribution >= 0.6 is 0 Å². The van der Waals surface area contributed by atoms with E-state index in [0.717, 1.165) is 30.5 Å². The van der Waals surface area contributed by atoms with E-state index < -0.39 is 37.4 Å². The standard InChI is InChI=1S/C23H21F3N2O5S2/c1-15-3-8-19(28-22(29)27-18-9-6-17(7-10-18)23(24,25)26)13-21(15)35(32,33)14-16-4-11-20(12-5-16)34(2,30)31/h3-13H,14H2,1-2H3,(H2,27,28,29). The van der Waals surface area contributed by atoms with Crippen LogP contribution in [0.15, 0.2) is 76.5 Å². The number of rotatable bonds is 6. The Balaban J connectivity index is 1.74. The number of carbonyl (C=O) groups is 1. The summed E-state index contributed by atoms with van der Waals surface area (Å²) in [5.74, 6) is -0.390. The van der Waals surface area contributed by atoms with Gasteiger partial charge < -0.3 is 10.6 Å². The monoisotopic (exact) mass is 526 g/mol. The van der Waals surface area contributed by atoms with Crippen molar-refractivity contribution in [2.75, 3.05) is 16.9 Å². The fourth-order valence-electron chi connectivity index (χ4n) is 3.18. The normalized spacial score (nSPS) is 12.3. The van der Waals surface area contributed by atoms with Gasteiger partial charge in [0.25, 0.3) is 0 Å². The number of halogens is 3. The lowest BCUT2D eigenvalue weighted by atomic mass is 10.2. The Morgan fingerprint density at radius 1 is 0.829 bits per heavy atom. The first-order valence-electron chi connectivity index (χ1n) is 10.0. The Bertz CT molecular complexity index is 1450. The van der Waals surface area contributed by atoms with Crippen molar-refractivity contribution in [2.24, 2.45) is 0 Å². The number of hydrogen-bond acceptors (Lipinski definition) is 5. The summed E-state index contributed by atoms with van der Waals surface area (Å²) in [6, 6.07) is 12.9. The van der Waals surface area contributed by atoms with E-state index in [4.69, 9.17) is 0 Å². The molecule has 3 aromatic rings. The Morgan fingerprint density at radius 2 is 1.37 bits per heavy atom. The molecular weight excluding hydrogens is 505 g/mol. The molecule has 0 spiro atoms. The van der Waals surface area contributed by atoms with Gasteiger partial charge in [0.2, 0.25) is 0 Å². The third-order valence-electron chi connectivity index (χ3n) is 4.96. The highest BCUT2D eigenvalue weighted by molar-refractivity contribution is 7.91. The molecule has 3 aromatic carbocycles. The summed E-state index contributed by atoms with van der Waals surface area (Å²) in [5.41, 5.74) is 0.239. The molecule has 0 radical (unpaired) electrons. The molecule has 0 aliphatic rings. The molecule has 2 amide bonds. The molecule has 3 rings (SSSR count). The van der Waals surface area contributed by atoms with E-state index in [9.17, 15) is 34.8 Å². The third kappa shape index (κ3) is 6.83. The van der Waals surface area contributed by atoms with Gasteiger partial charge in [0, 0.05) is 17.6 Å². The number of amides is 2. The molecule has 0 aliphatic heterocycles. The molecule has 0 fully saturated rings. The van der Waals surface area contributed by atoms with Crippen LogP contribution in [0.1, 0.15) is 16.7 Å². The largest absolute Gasteiger partial charge is 0.416 e. The first-order chi connectivity index (χ1) is 16.1. The highest BCUT2D eigenvalue weighted by Crippen LogP contribution is 2.30. The van der Waals surface area contributed by atoms with Gasteiger partial charge in [0.15, 0.2) is 19.7 Å². The number of urea groups is 1. The van der Waals surface area contributed by atoms with E-state index in [2.05, 4.69) is 10.6 Å². The molecule has 0 aliphatic carbocycles. The van der Waals surface area contributed by atoms with Gasteiger partial charge in [0.1, 0.15) is 0 Å². The highest BCUT2D eigenvalue weighted by atomic mass is 32.2. The fourth-order valence-corrected chi connectivity index (χ4v) is 5.46. The zero-order chi connectivity index (χ0) is 26.0. The van der Waals surface area contributed by atoms with Crippen molar-refractivity contribution in [3.05, 3.63) is 83.4 Å². The minimum Gasteiger partial charge on any atom is -0.308 e. The molecule has 0 unspecified atom stereocenters. The highest BCUT2D eigenvalue weighted by Gasteiger charge is 2.30. The number of nitrogens with one attached hydrogen (secondary N) is 2. The number of anilines is 2. The zero-order valence-electron chi connectivity index (χ0n) is 18.5. The maximum absolute atomic E-state index is 13.0. The maximum Gasteiger partial charge on any atom is 0.416 e. The lowest BCUT2D eigenvalue weighted by Crippen LogP contribution is -2.20. The Labute approximate surface area is 200 Å². The van der Waals surface area contributed by atoms with Crippen molar-refractivity contribution in [1.29, 1.82) is 0 Å². The van der Waals surface area contributed by atoms with E-state index in [-0.39, 0.29) is 26.9 Å². The predicted octanol–water partition coefficient (Wildman–Crippen LogP) is 5.04. The van der Waals surface area contributed by atoms with Crippen molar-refractivity contribution in [3.8, 4) is 0 Å². The van der Waals surface area contributed by atoms with Gasteiger partial charge in [-0.15, -0.1) is 0 Å². The van der Waals surface area contributed by atoms with Crippen molar-refractivity contribution >= 4 is 37.1 Å². The quantitative estimate of drug-likeness (QED) is 0.468. The SMILES string of the molecule is Cc1ccc(NC(=O)Nc2ccc(C(F)(F)F)cc2)cc1S(=O)(=O)Cc1ccc(S(C)(=O)=O)cc1. The number of aryl methyl sites for hydroxylation is 1. The minimum atomic E-state index is -4.50. The van der Waals surface area contributed by atoms with Crippen LogP contribution in [-0.4, -0.2) is 29.1 Å². The van der Waals surface area contributed by atoms with Crippen molar-refractivity contribution in [2.45, 2.75) is 28.6 Å². The lowest BCUT2D eigenvalue weighted by Gasteiger charge is -2.13. The molecule has 0 heterocycles. The molecule has 2 N–H and O–H groups in total. The summed E-state index contributed by atoms with van der Waals surface area (Å²) in [6.45, 7) is 1.59. The average molecular weight is 527 g/mol. The molecule has 0 atom stereocenters. The van der Waals surface area contributed by atoms with Crippen LogP contribution in [0, 0.1) is 6.92 Å².